The summed E-state index contributed by atoms with van der Waals surface area (Å²) in [5, 5.41) is 16.5. The van der Waals surface area contributed by atoms with Gasteiger partial charge in [-0.2, -0.15) is 5.10 Å². The van der Waals surface area contributed by atoms with Gasteiger partial charge in [0, 0.05) is 26.0 Å². The highest BCUT2D eigenvalue weighted by atomic mass is 35.5. The molecule has 2 rings (SSSR count). The number of hydrogen-bond donors (Lipinski definition) is 1. The minimum atomic E-state index is 0. The van der Waals surface area contributed by atoms with Gasteiger partial charge in [-0.15, -0.1) is 22.6 Å². The summed E-state index contributed by atoms with van der Waals surface area (Å²) in [5.41, 5.74) is 1.25. The molecule has 0 spiro atoms. The number of nitrogens with zero attached hydrogens (tertiary/aromatic N) is 5. The Hall–Kier alpha value is -1.05. The largest absolute Gasteiger partial charge is 0.313 e. The average Bonchev–Trinajstić information content (AvgIpc) is 2.90. The molecule has 106 valence electrons. The zero-order valence-corrected chi connectivity index (χ0v) is 13.0. The first-order valence-electron chi connectivity index (χ1n) is 5.84. The first kappa shape index (κ1) is 16.0. The van der Waals surface area contributed by atoms with Gasteiger partial charge in [-0.1, -0.05) is 11.8 Å². The smallest absolute Gasteiger partial charge is 0.190 e. The van der Waals surface area contributed by atoms with Crippen molar-refractivity contribution in [2.45, 2.75) is 18.1 Å². The molecule has 2 aromatic heterocycles. The van der Waals surface area contributed by atoms with E-state index < -0.39 is 0 Å². The van der Waals surface area contributed by atoms with Gasteiger partial charge in [0.25, 0.3) is 0 Å². The van der Waals surface area contributed by atoms with Gasteiger partial charge in [-0.3, -0.25) is 4.68 Å². The van der Waals surface area contributed by atoms with Crippen molar-refractivity contribution in [3.8, 4) is 0 Å². The molecule has 2 aromatic rings. The Kier molecular flexibility index (Phi) is 6.33. The molecule has 0 unspecified atom stereocenters. The van der Waals surface area contributed by atoms with E-state index in [2.05, 4.69) is 20.6 Å². The van der Waals surface area contributed by atoms with Crippen LogP contribution in [0.25, 0.3) is 0 Å². The summed E-state index contributed by atoms with van der Waals surface area (Å²) in [6, 6.07) is 0. The summed E-state index contributed by atoms with van der Waals surface area (Å²) < 4.78 is 3.86. The fourth-order valence-corrected chi connectivity index (χ4v) is 2.56. The van der Waals surface area contributed by atoms with Gasteiger partial charge in [0.2, 0.25) is 0 Å². The molecule has 0 amide bonds. The Morgan fingerprint density at radius 1 is 1.32 bits per heavy atom. The summed E-state index contributed by atoms with van der Waals surface area (Å²) in [4.78, 5) is 0. The highest BCUT2D eigenvalue weighted by molar-refractivity contribution is 7.99. The van der Waals surface area contributed by atoms with Gasteiger partial charge in [0.1, 0.15) is 5.82 Å². The molecule has 0 fully saturated rings. The minimum Gasteiger partial charge on any atom is -0.313 e. The molecular formula is C11H19ClN6S. The first-order valence-corrected chi connectivity index (χ1v) is 6.82. The van der Waals surface area contributed by atoms with E-state index in [0.717, 1.165) is 29.7 Å². The predicted octanol–water partition coefficient (Wildman–Crippen LogP) is 1.02. The molecular weight excluding hydrogens is 284 g/mol. The fraction of sp³-hybridized carbons (Fsp3) is 0.545. The van der Waals surface area contributed by atoms with E-state index in [0.29, 0.717) is 0 Å². The average molecular weight is 303 g/mol. The predicted molar refractivity (Wildman–Crippen MR) is 78.7 cm³/mol. The van der Waals surface area contributed by atoms with E-state index >= 15 is 0 Å². The van der Waals surface area contributed by atoms with E-state index in [4.69, 9.17) is 0 Å². The highest BCUT2D eigenvalue weighted by Crippen LogP contribution is 2.17. The first-order chi connectivity index (χ1) is 8.70. The normalized spacial score (nSPS) is 10.5. The van der Waals surface area contributed by atoms with Gasteiger partial charge >= 0.3 is 0 Å². The maximum absolute atomic E-state index is 4.19. The van der Waals surface area contributed by atoms with Crippen molar-refractivity contribution in [2.75, 3.05) is 12.8 Å². The van der Waals surface area contributed by atoms with Crippen molar-refractivity contribution in [3.63, 3.8) is 0 Å². The summed E-state index contributed by atoms with van der Waals surface area (Å²) >= 11 is 1.72. The van der Waals surface area contributed by atoms with E-state index in [1.807, 2.05) is 42.8 Å². The van der Waals surface area contributed by atoms with Crippen LogP contribution < -0.4 is 5.32 Å². The lowest BCUT2D eigenvalue weighted by Gasteiger charge is -2.02. The van der Waals surface area contributed by atoms with Crippen molar-refractivity contribution < 1.29 is 0 Å². The molecule has 0 saturated heterocycles. The Balaban J connectivity index is 0.00000180. The van der Waals surface area contributed by atoms with Gasteiger partial charge in [-0.25, -0.2) is 0 Å². The number of halogens is 1. The number of nitrogens with one attached hydrogen (secondary N) is 1. The van der Waals surface area contributed by atoms with E-state index in [1.54, 1.807) is 11.8 Å². The number of hydrogen-bond acceptors (Lipinski definition) is 5. The lowest BCUT2D eigenvalue weighted by molar-refractivity contribution is 0.682. The molecule has 0 radical (unpaired) electrons. The second-order valence-corrected chi connectivity index (χ2v) is 5.17. The van der Waals surface area contributed by atoms with Crippen LogP contribution in [-0.2, 0) is 27.1 Å². The molecule has 19 heavy (non-hydrogen) atoms. The fourth-order valence-electron chi connectivity index (χ4n) is 1.64. The Bertz CT molecular complexity index is 509. The molecule has 2 heterocycles. The third-order valence-electron chi connectivity index (χ3n) is 2.64. The van der Waals surface area contributed by atoms with Crippen LogP contribution in [-0.4, -0.2) is 37.3 Å². The number of rotatable bonds is 6. The van der Waals surface area contributed by atoms with Crippen molar-refractivity contribution in [1.29, 1.82) is 0 Å². The lowest BCUT2D eigenvalue weighted by Crippen LogP contribution is -2.10. The molecule has 0 atom stereocenters. The number of thioether (sulfide) groups is 1. The molecule has 1 N–H and O–H groups in total. The van der Waals surface area contributed by atoms with Crippen molar-refractivity contribution in [1.82, 2.24) is 29.9 Å². The second kappa shape index (κ2) is 7.52. The highest BCUT2D eigenvalue weighted by Gasteiger charge is 2.08. The monoisotopic (exact) mass is 302 g/mol. The SMILES string of the molecule is CNCc1nnc(SCCc2cnn(C)c2)n1C.Cl. The third kappa shape index (κ3) is 4.22. The van der Waals surface area contributed by atoms with Crippen LogP contribution in [0.15, 0.2) is 17.6 Å². The Morgan fingerprint density at radius 2 is 2.11 bits per heavy atom. The van der Waals surface area contributed by atoms with Crippen LogP contribution >= 0.6 is 24.2 Å². The molecule has 6 nitrogen and oxygen atoms in total. The quantitative estimate of drug-likeness (QED) is 0.808. The molecule has 0 aromatic carbocycles. The van der Waals surface area contributed by atoms with Gasteiger partial charge in [0.05, 0.1) is 12.7 Å². The van der Waals surface area contributed by atoms with Gasteiger partial charge < -0.3 is 9.88 Å². The van der Waals surface area contributed by atoms with Gasteiger partial charge in [0.15, 0.2) is 5.16 Å². The topological polar surface area (TPSA) is 60.6 Å². The van der Waals surface area contributed by atoms with Crippen molar-refractivity contribution in [3.05, 3.63) is 23.8 Å². The molecule has 8 heteroatoms. The minimum absolute atomic E-state index is 0. The molecule has 0 aliphatic carbocycles. The molecule has 0 bridgehead atoms. The van der Waals surface area contributed by atoms with Crippen LogP contribution in [0.4, 0.5) is 0 Å². The van der Waals surface area contributed by atoms with Crippen LogP contribution in [0, 0.1) is 0 Å². The maximum Gasteiger partial charge on any atom is 0.190 e. The van der Waals surface area contributed by atoms with Crippen LogP contribution in [0.5, 0.6) is 0 Å². The second-order valence-electron chi connectivity index (χ2n) is 4.11. The zero-order chi connectivity index (χ0) is 13.0. The Morgan fingerprint density at radius 3 is 2.74 bits per heavy atom. The third-order valence-corrected chi connectivity index (χ3v) is 3.66. The Labute approximate surface area is 123 Å². The lowest BCUT2D eigenvalue weighted by atomic mass is 10.3. The van der Waals surface area contributed by atoms with E-state index in [1.165, 1.54) is 5.56 Å². The maximum atomic E-state index is 4.19. The summed E-state index contributed by atoms with van der Waals surface area (Å²) in [6.45, 7) is 0.743. The summed E-state index contributed by atoms with van der Waals surface area (Å²) in [7, 11) is 5.84. The van der Waals surface area contributed by atoms with Crippen LogP contribution in [0.2, 0.25) is 0 Å². The van der Waals surface area contributed by atoms with Crippen LogP contribution in [0.1, 0.15) is 11.4 Å². The van der Waals surface area contributed by atoms with Crippen molar-refractivity contribution >= 4 is 24.2 Å². The van der Waals surface area contributed by atoms with E-state index in [-0.39, 0.29) is 12.4 Å². The standard InChI is InChI=1S/C11H18N6S.ClH/c1-12-7-10-14-15-11(17(10)3)18-5-4-9-6-13-16(2)8-9;/h6,8,12H,4-5,7H2,1-3H3;1H. The molecule has 0 aliphatic rings. The van der Waals surface area contributed by atoms with Crippen LogP contribution in [0.3, 0.4) is 0 Å². The summed E-state index contributed by atoms with van der Waals surface area (Å²) in [6.07, 6.45) is 4.94. The van der Waals surface area contributed by atoms with E-state index in [9.17, 15) is 0 Å². The van der Waals surface area contributed by atoms with Crippen molar-refractivity contribution in [2.24, 2.45) is 14.1 Å². The molecule has 0 aliphatic heterocycles. The number of aryl methyl sites for hydroxylation is 2. The van der Waals surface area contributed by atoms with Gasteiger partial charge in [-0.05, 0) is 19.0 Å². The zero-order valence-electron chi connectivity index (χ0n) is 11.3. The summed E-state index contributed by atoms with van der Waals surface area (Å²) in [5.74, 6) is 1.94. The number of aromatic nitrogens is 5. The molecule has 0 saturated carbocycles.